The maximum Gasteiger partial charge on any atom is 0.243 e. The van der Waals surface area contributed by atoms with Gasteiger partial charge >= 0.3 is 0 Å². The Morgan fingerprint density at radius 3 is 2.50 bits per heavy atom. The summed E-state index contributed by atoms with van der Waals surface area (Å²) in [6, 6.07) is 12.7. The molecule has 4 rings (SSSR count). The SMILES string of the molecule is Cc1nccc2nc(NCCN3CCN(S(=O)(=O)c4ccc(Br)cc4)CC3)ccc12. The number of hydrogen-bond donors (Lipinski definition) is 1. The highest BCUT2D eigenvalue weighted by atomic mass is 79.9. The van der Waals surface area contributed by atoms with Gasteiger partial charge in [-0.2, -0.15) is 4.31 Å². The molecule has 1 N–H and O–H groups in total. The van der Waals surface area contributed by atoms with E-state index in [1.807, 2.05) is 25.1 Å². The number of piperazine rings is 1. The highest BCUT2D eigenvalue weighted by Crippen LogP contribution is 2.20. The van der Waals surface area contributed by atoms with Crippen molar-refractivity contribution in [2.45, 2.75) is 11.8 Å². The molecule has 1 aromatic carbocycles. The molecule has 1 saturated heterocycles. The van der Waals surface area contributed by atoms with E-state index in [0.29, 0.717) is 31.1 Å². The van der Waals surface area contributed by atoms with Crippen LogP contribution in [0.5, 0.6) is 0 Å². The van der Waals surface area contributed by atoms with Crippen LogP contribution in [0.4, 0.5) is 5.82 Å². The lowest BCUT2D eigenvalue weighted by Crippen LogP contribution is -2.49. The number of halogens is 1. The Morgan fingerprint density at radius 2 is 1.77 bits per heavy atom. The number of pyridine rings is 2. The van der Waals surface area contributed by atoms with Crippen molar-refractivity contribution in [2.24, 2.45) is 0 Å². The third-order valence-corrected chi connectivity index (χ3v) is 7.77. The van der Waals surface area contributed by atoms with Crippen LogP contribution in [0, 0.1) is 6.92 Å². The minimum absolute atomic E-state index is 0.341. The number of anilines is 1. The van der Waals surface area contributed by atoms with E-state index in [0.717, 1.165) is 40.0 Å². The first-order valence-electron chi connectivity index (χ1n) is 9.88. The molecule has 158 valence electrons. The number of sulfonamides is 1. The molecule has 1 fully saturated rings. The quantitative estimate of drug-likeness (QED) is 0.572. The normalized spacial score (nSPS) is 16.1. The van der Waals surface area contributed by atoms with Gasteiger partial charge in [0.25, 0.3) is 0 Å². The second kappa shape index (κ2) is 8.97. The molecular weight excluding hydrogens is 466 g/mol. The lowest BCUT2D eigenvalue weighted by Gasteiger charge is -2.34. The molecule has 0 amide bonds. The molecule has 0 saturated carbocycles. The van der Waals surface area contributed by atoms with Crippen molar-refractivity contribution in [1.29, 1.82) is 0 Å². The van der Waals surface area contributed by atoms with Gasteiger partial charge in [-0.05, 0) is 49.4 Å². The summed E-state index contributed by atoms with van der Waals surface area (Å²) in [6.45, 7) is 6.00. The highest BCUT2D eigenvalue weighted by Gasteiger charge is 2.28. The van der Waals surface area contributed by atoms with Crippen LogP contribution in [-0.4, -0.2) is 66.9 Å². The van der Waals surface area contributed by atoms with Crippen molar-refractivity contribution in [3.63, 3.8) is 0 Å². The van der Waals surface area contributed by atoms with Crippen molar-refractivity contribution in [2.75, 3.05) is 44.6 Å². The molecule has 1 aliphatic heterocycles. The standard InChI is InChI=1S/C21H24BrN5O2S/c1-16-19-6-7-21(25-20(19)8-9-23-16)24-10-11-26-12-14-27(15-13-26)30(28,29)18-4-2-17(22)3-5-18/h2-9H,10-15H2,1H3,(H,24,25). The minimum atomic E-state index is -3.43. The van der Waals surface area contributed by atoms with Crippen molar-refractivity contribution < 1.29 is 8.42 Å². The molecule has 2 aromatic heterocycles. The van der Waals surface area contributed by atoms with Crippen LogP contribution in [0.2, 0.25) is 0 Å². The maximum absolute atomic E-state index is 12.8. The molecule has 0 bridgehead atoms. The Hall–Kier alpha value is -2.07. The van der Waals surface area contributed by atoms with Gasteiger partial charge in [0.2, 0.25) is 10.0 Å². The van der Waals surface area contributed by atoms with Crippen LogP contribution in [-0.2, 0) is 10.0 Å². The monoisotopic (exact) mass is 489 g/mol. The lowest BCUT2D eigenvalue weighted by atomic mass is 10.2. The van der Waals surface area contributed by atoms with E-state index in [-0.39, 0.29) is 0 Å². The number of fused-ring (bicyclic) bond motifs is 1. The maximum atomic E-state index is 12.8. The summed E-state index contributed by atoms with van der Waals surface area (Å²) < 4.78 is 28.0. The average Bonchev–Trinajstić information content (AvgIpc) is 2.75. The van der Waals surface area contributed by atoms with E-state index in [9.17, 15) is 8.42 Å². The van der Waals surface area contributed by atoms with Crippen LogP contribution >= 0.6 is 15.9 Å². The third kappa shape index (κ3) is 4.64. The second-order valence-electron chi connectivity index (χ2n) is 7.29. The van der Waals surface area contributed by atoms with Crippen LogP contribution in [0.25, 0.3) is 10.9 Å². The van der Waals surface area contributed by atoms with Gasteiger partial charge in [0.05, 0.1) is 10.4 Å². The zero-order valence-corrected chi connectivity index (χ0v) is 19.2. The molecule has 0 atom stereocenters. The number of aryl methyl sites for hydroxylation is 1. The molecule has 0 unspecified atom stereocenters. The van der Waals surface area contributed by atoms with E-state index < -0.39 is 10.0 Å². The number of hydrogen-bond acceptors (Lipinski definition) is 6. The first kappa shape index (κ1) is 21.2. The van der Waals surface area contributed by atoms with Gasteiger partial charge < -0.3 is 5.32 Å². The Kier molecular flexibility index (Phi) is 6.33. The van der Waals surface area contributed by atoms with Gasteiger partial charge in [0.15, 0.2) is 0 Å². The topological polar surface area (TPSA) is 78.4 Å². The fourth-order valence-electron chi connectivity index (χ4n) is 3.59. The van der Waals surface area contributed by atoms with Crippen LogP contribution in [0.15, 0.2) is 58.0 Å². The fourth-order valence-corrected chi connectivity index (χ4v) is 5.27. The zero-order valence-electron chi connectivity index (χ0n) is 16.8. The van der Waals surface area contributed by atoms with E-state index in [2.05, 4.69) is 36.1 Å². The van der Waals surface area contributed by atoms with E-state index in [1.165, 1.54) is 0 Å². The summed E-state index contributed by atoms with van der Waals surface area (Å²) in [7, 11) is -3.43. The summed E-state index contributed by atoms with van der Waals surface area (Å²) in [5, 5.41) is 4.43. The molecule has 30 heavy (non-hydrogen) atoms. The molecule has 3 aromatic rings. The highest BCUT2D eigenvalue weighted by molar-refractivity contribution is 9.10. The smallest absolute Gasteiger partial charge is 0.243 e. The number of rotatable bonds is 6. The number of nitrogens with one attached hydrogen (secondary N) is 1. The molecule has 0 radical (unpaired) electrons. The Balaban J connectivity index is 1.28. The molecule has 0 spiro atoms. The van der Waals surface area contributed by atoms with Gasteiger partial charge in [0.1, 0.15) is 5.82 Å². The minimum Gasteiger partial charge on any atom is -0.369 e. The second-order valence-corrected chi connectivity index (χ2v) is 10.1. The first-order chi connectivity index (χ1) is 14.4. The average molecular weight is 490 g/mol. The van der Waals surface area contributed by atoms with Crippen molar-refractivity contribution in [3.05, 3.63) is 58.8 Å². The van der Waals surface area contributed by atoms with Gasteiger partial charge in [-0.25, -0.2) is 13.4 Å². The molecule has 3 heterocycles. The van der Waals surface area contributed by atoms with Gasteiger partial charge in [-0.3, -0.25) is 9.88 Å². The summed E-state index contributed by atoms with van der Waals surface area (Å²) >= 11 is 3.34. The molecular formula is C21H24BrN5O2S. The van der Waals surface area contributed by atoms with Crippen molar-refractivity contribution in [3.8, 4) is 0 Å². The number of aromatic nitrogens is 2. The van der Waals surface area contributed by atoms with Crippen LogP contribution in [0.3, 0.4) is 0 Å². The zero-order chi connectivity index (χ0) is 21.1. The summed E-state index contributed by atoms with van der Waals surface area (Å²) in [5.41, 5.74) is 1.90. The molecule has 0 aliphatic carbocycles. The number of nitrogens with zero attached hydrogens (tertiary/aromatic N) is 4. The Bertz CT molecular complexity index is 1130. The molecule has 9 heteroatoms. The molecule has 7 nitrogen and oxygen atoms in total. The van der Waals surface area contributed by atoms with Crippen molar-refractivity contribution in [1.82, 2.24) is 19.2 Å². The van der Waals surface area contributed by atoms with E-state index >= 15 is 0 Å². The third-order valence-electron chi connectivity index (χ3n) is 5.33. The predicted octanol–water partition coefficient (Wildman–Crippen LogP) is 3.12. The van der Waals surface area contributed by atoms with E-state index in [1.54, 1.807) is 34.8 Å². The van der Waals surface area contributed by atoms with Crippen molar-refractivity contribution >= 4 is 42.7 Å². The van der Waals surface area contributed by atoms with Gasteiger partial charge in [-0.1, -0.05) is 15.9 Å². The summed E-state index contributed by atoms with van der Waals surface area (Å²) in [5.74, 6) is 0.838. The van der Waals surface area contributed by atoms with Crippen LogP contribution < -0.4 is 5.32 Å². The lowest BCUT2D eigenvalue weighted by molar-refractivity contribution is 0.194. The fraction of sp³-hybridized carbons (Fsp3) is 0.333. The summed E-state index contributed by atoms with van der Waals surface area (Å²) in [4.78, 5) is 11.5. The summed E-state index contributed by atoms with van der Waals surface area (Å²) in [6.07, 6.45) is 1.77. The number of benzene rings is 1. The van der Waals surface area contributed by atoms with Gasteiger partial charge in [-0.15, -0.1) is 0 Å². The van der Waals surface area contributed by atoms with E-state index in [4.69, 9.17) is 0 Å². The predicted molar refractivity (Wildman–Crippen MR) is 122 cm³/mol. The Morgan fingerprint density at radius 1 is 1.03 bits per heavy atom. The Labute approximate surface area is 185 Å². The van der Waals surface area contributed by atoms with Gasteiger partial charge in [0, 0.05) is 61.0 Å². The van der Waals surface area contributed by atoms with Crippen LogP contribution in [0.1, 0.15) is 5.69 Å². The molecule has 1 aliphatic rings. The largest absolute Gasteiger partial charge is 0.369 e. The first-order valence-corrected chi connectivity index (χ1v) is 12.1.